The maximum Gasteiger partial charge on any atom is 0.224 e. The van der Waals surface area contributed by atoms with Gasteiger partial charge in [0.1, 0.15) is 0 Å². The van der Waals surface area contributed by atoms with Crippen LogP contribution in [0.4, 0.5) is 5.88 Å². The molecule has 0 aromatic carbocycles. The van der Waals surface area contributed by atoms with Crippen LogP contribution >= 0.6 is 0 Å². The summed E-state index contributed by atoms with van der Waals surface area (Å²) in [6.45, 7) is 1.63. The summed E-state index contributed by atoms with van der Waals surface area (Å²) in [5.74, 6) is 1.12. The molecule has 1 aromatic heterocycles. The number of hydrogen-bond donors (Lipinski definition) is 1. The lowest BCUT2D eigenvalue weighted by Gasteiger charge is -2.27. The van der Waals surface area contributed by atoms with Gasteiger partial charge in [0.15, 0.2) is 0 Å². The van der Waals surface area contributed by atoms with Crippen molar-refractivity contribution in [3.05, 3.63) is 11.8 Å². The van der Waals surface area contributed by atoms with Crippen LogP contribution in [-0.2, 0) is 4.79 Å². The van der Waals surface area contributed by atoms with E-state index in [2.05, 4.69) is 10.5 Å². The number of nitrogens with one attached hydrogen (secondary N) is 1. The van der Waals surface area contributed by atoms with Gasteiger partial charge in [-0.2, -0.15) is 0 Å². The molecule has 0 aliphatic carbocycles. The maximum absolute atomic E-state index is 10.5. The topological polar surface area (TPSA) is 58.4 Å². The SMILES string of the molecule is CNc1cc(C2CCN(C=O)CC2)no1. The molecule has 1 amide bonds. The Morgan fingerprint density at radius 1 is 1.60 bits per heavy atom. The van der Waals surface area contributed by atoms with E-state index in [4.69, 9.17) is 4.52 Å². The third-order valence-electron chi connectivity index (χ3n) is 2.87. The van der Waals surface area contributed by atoms with Gasteiger partial charge in [0.05, 0.1) is 5.69 Å². The molecule has 1 aliphatic heterocycles. The van der Waals surface area contributed by atoms with Crippen molar-refractivity contribution in [2.24, 2.45) is 0 Å². The van der Waals surface area contributed by atoms with Crippen LogP contribution in [0.3, 0.4) is 0 Å². The van der Waals surface area contributed by atoms with Gasteiger partial charge in [0.25, 0.3) is 0 Å². The fourth-order valence-corrected chi connectivity index (χ4v) is 1.90. The number of carbonyl (C=O) groups excluding carboxylic acids is 1. The summed E-state index contributed by atoms with van der Waals surface area (Å²) < 4.78 is 5.08. The first kappa shape index (κ1) is 10.0. The molecule has 1 N–H and O–H groups in total. The van der Waals surface area contributed by atoms with Crippen LogP contribution in [0.2, 0.25) is 0 Å². The highest BCUT2D eigenvalue weighted by atomic mass is 16.5. The first-order valence-electron chi connectivity index (χ1n) is 5.17. The summed E-state index contributed by atoms with van der Waals surface area (Å²) >= 11 is 0. The highest BCUT2D eigenvalue weighted by Crippen LogP contribution is 2.28. The molecule has 5 heteroatoms. The Bertz CT molecular complexity index is 329. The van der Waals surface area contributed by atoms with Gasteiger partial charge >= 0.3 is 0 Å². The van der Waals surface area contributed by atoms with Gasteiger partial charge in [0.2, 0.25) is 12.3 Å². The summed E-state index contributed by atoms with van der Waals surface area (Å²) in [6.07, 6.45) is 2.85. The van der Waals surface area contributed by atoms with Crippen molar-refractivity contribution in [2.75, 3.05) is 25.5 Å². The van der Waals surface area contributed by atoms with Gasteiger partial charge in [-0.3, -0.25) is 4.79 Å². The predicted octanol–water partition coefficient (Wildman–Crippen LogP) is 1.05. The Morgan fingerprint density at radius 2 is 2.33 bits per heavy atom. The van der Waals surface area contributed by atoms with E-state index < -0.39 is 0 Å². The van der Waals surface area contributed by atoms with Crippen LogP contribution < -0.4 is 5.32 Å². The molecule has 5 nitrogen and oxygen atoms in total. The van der Waals surface area contributed by atoms with Crippen molar-refractivity contribution < 1.29 is 9.32 Å². The minimum absolute atomic E-state index is 0.423. The number of hydrogen-bond acceptors (Lipinski definition) is 4. The summed E-state index contributed by atoms with van der Waals surface area (Å²) in [7, 11) is 1.80. The Labute approximate surface area is 88.4 Å². The largest absolute Gasteiger partial charge is 0.357 e. The first-order valence-corrected chi connectivity index (χ1v) is 5.17. The molecule has 1 aromatic rings. The average molecular weight is 209 g/mol. The number of piperidine rings is 1. The monoisotopic (exact) mass is 209 g/mol. The van der Waals surface area contributed by atoms with E-state index in [9.17, 15) is 4.79 Å². The van der Waals surface area contributed by atoms with E-state index in [1.54, 1.807) is 11.9 Å². The zero-order valence-corrected chi connectivity index (χ0v) is 8.77. The number of carbonyl (C=O) groups is 1. The van der Waals surface area contributed by atoms with E-state index in [-0.39, 0.29) is 0 Å². The van der Waals surface area contributed by atoms with Crippen LogP contribution in [0.5, 0.6) is 0 Å². The molecule has 1 saturated heterocycles. The molecular formula is C10H15N3O2. The molecule has 82 valence electrons. The quantitative estimate of drug-likeness (QED) is 0.756. The molecule has 0 atom stereocenters. The molecule has 1 fully saturated rings. The van der Waals surface area contributed by atoms with Crippen molar-refractivity contribution in [3.63, 3.8) is 0 Å². The van der Waals surface area contributed by atoms with E-state index in [1.165, 1.54) is 0 Å². The number of rotatable bonds is 3. The molecular weight excluding hydrogens is 194 g/mol. The molecule has 2 heterocycles. The molecule has 15 heavy (non-hydrogen) atoms. The lowest BCUT2D eigenvalue weighted by Crippen LogP contribution is -2.31. The third-order valence-corrected chi connectivity index (χ3v) is 2.87. The van der Waals surface area contributed by atoms with Gasteiger partial charge in [-0.1, -0.05) is 5.16 Å². The summed E-state index contributed by atoms with van der Waals surface area (Å²) in [5.41, 5.74) is 0.991. The lowest BCUT2D eigenvalue weighted by molar-refractivity contribution is -0.119. The Balaban J connectivity index is 1.97. The second-order valence-electron chi connectivity index (χ2n) is 3.78. The fourth-order valence-electron chi connectivity index (χ4n) is 1.90. The zero-order chi connectivity index (χ0) is 10.7. The van der Waals surface area contributed by atoms with Crippen molar-refractivity contribution in [2.45, 2.75) is 18.8 Å². The minimum Gasteiger partial charge on any atom is -0.357 e. The normalized spacial score (nSPS) is 17.8. The van der Waals surface area contributed by atoms with Gasteiger partial charge in [-0.15, -0.1) is 0 Å². The Morgan fingerprint density at radius 3 is 2.87 bits per heavy atom. The average Bonchev–Trinajstić information content (AvgIpc) is 2.78. The highest BCUT2D eigenvalue weighted by molar-refractivity contribution is 5.47. The minimum atomic E-state index is 0.423. The molecule has 0 bridgehead atoms. The Kier molecular flexibility index (Phi) is 2.89. The van der Waals surface area contributed by atoms with Crippen molar-refractivity contribution in [1.82, 2.24) is 10.1 Å². The highest BCUT2D eigenvalue weighted by Gasteiger charge is 2.22. The predicted molar refractivity (Wildman–Crippen MR) is 55.7 cm³/mol. The van der Waals surface area contributed by atoms with E-state index in [0.29, 0.717) is 11.8 Å². The van der Waals surface area contributed by atoms with Crippen LogP contribution in [0.25, 0.3) is 0 Å². The van der Waals surface area contributed by atoms with E-state index >= 15 is 0 Å². The Hall–Kier alpha value is -1.52. The lowest BCUT2D eigenvalue weighted by atomic mass is 9.94. The molecule has 0 radical (unpaired) electrons. The number of likely N-dealkylation sites (tertiary alicyclic amines) is 1. The number of aromatic nitrogens is 1. The van der Waals surface area contributed by atoms with Crippen LogP contribution in [0.1, 0.15) is 24.5 Å². The maximum atomic E-state index is 10.5. The number of nitrogens with zero attached hydrogens (tertiary/aromatic N) is 2. The van der Waals surface area contributed by atoms with Crippen LogP contribution in [0.15, 0.2) is 10.6 Å². The van der Waals surface area contributed by atoms with Crippen molar-refractivity contribution in [1.29, 1.82) is 0 Å². The van der Waals surface area contributed by atoms with Crippen molar-refractivity contribution in [3.8, 4) is 0 Å². The van der Waals surface area contributed by atoms with E-state index in [0.717, 1.165) is 38.0 Å². The molecule has 0 unspecified atom stereocenters. The number of anilines is 1. The summed E-state index contributed by atoms with van der Waals surface area (Å²) in [6, 6.07) is 1.93. The second kappa shape index (κ2) is 4.33. The number of amides is 1. The van der Waals surface area contributed by atoms with Gasteiger partial charge in [-0.05, 0) is 12.8 Å². The van der Waals surface area contributed by atoms with Gasteiger partial charge in [0, 0.05) is 32.1 Å². The fraction of sp³-hybridized carbons (Fsp3) is 0.600. The van der Waals surface area contributed by atoms with Crippen LogP contribution in [0, 0.1) is 0 Å². The molecule has 2 rings (SSSR count). The van der Waals surface area contributed by atoms with Crippen LogP contribution in [-0.4, -0.2) is 36.6 Å². The third kappa shape index (κ3) is 2.11. The summed E-state index contributed by atoms with van der Waals surface area (Å²) in [5, 5.41) is 6.93. The van der Waals surface area contributed by atoms with Gasteiger partial charge < -0.3 is 14.7 Å². The van der Waals surface area contributed by atoms with Crippen molar-refractivity contribution >= 4 is 12.3 Å². The standard InChI is InChI=1S/C10H15N3O2/c1-11-10-6-9(12-15-10)8-2-4-13(7-14)5-3-8/h6-8,11H,2-5H2,1H3. The van der Waals surface area contributed by atoms with E-state index in [1.807, 2.05) is 6.07 Å². The first-order chi connectivity index (χ1) is 7.33. The molecule has 0 saturated carbocycles. The zero-order valence-electron chi connectivity index (χ0n) is 8.77. The molecule has 0 spiro atoms. The second-order valence-corrected chi connectivity index (χ2v) is 3.78. The summed E-state index contributed by atoms with van der Waals surface area (Å²) in [4.78, 5) is 12.3. The molecule has 1 aliphatic rings. The van der Waals surface area contributed by atoms with Gasteiger partial charge in [-0.25, -0.2) is 0 Å². The smallest absolute Gasteiger partial charge is 0.224 e.